The van der Waals surface area contributed by atoms with Crippen molar-refractivity contribution in [2.75, 3.05) is 0 Å². The van der Waals surface area contributed by atoms with E-state index in [1.165, 1.54) is 44.9 Å². The Morgan fingerprint density at radius 1 is 0.812 bits per heavy atom. The van der Waals surface area contributed by atoms with Crippen LogP contribution in [0.1, 0.15) is 79.6 Å². The summed E-state index contributed by atoms with van der Waals surface area (Å²) in [5, 5.41) is 0. The Balaban J connectivity index is 3.61. The Bertz CT molecular complexity index is 168. The number of unbranched alkanes of at least 4 members (excludes halogenated alkanes) is 2. The highest BCUT2D eigenvalue weighted by Gasteiger charge is 2.19. The number of rotatable bonds is 9. The van der Waals surface area contributed by atoms with Crippen molar-refractivity contribution in [2.45, 2.75) is 85.9 Å². The summed E-state index contributed by atoms with van der Waals surface area (Å²) < 4.78 is 0. The van der Waals surface area contributed by atoms with Gasteiger partial charge in [0.05, 0.1) is 7.85 Å². The Hall–Kier alpha value is 0.0649. The quantitative estimate of drug-likeness (QED) is 0.363. The van der Waals surface area contributed by atoms with Crippen molar-refractivity contribution < 1.29 is 0 Å². The maximum atomic E-state index is 5.73. The monoisotopic (exact) mass is 222 g/mol. The zero-order valence-corrected chi connectivity index (χ0v) is 12.2. The minimum absolute atomic E-state index is 0.346. The summed E-state index contributed by atoms with van der Waals surface area (Å²) in [6, 6.07) is 0. The molecule has 1 heteroatoms. The molecule has 0 aromatic heterocycles. The van der Waals surface area contributed by atoms with E-state index in [4.69, 9.17) is 7.85 Å². The molecule has 0 N–H and O–H groups in total. The number of hydrogen-bond donors (Lipinski definition) is 0. The fraction of sp³-hybridized carbons (Fsp3) is 1.00. The third kappa shape index (κ3) is 6.61. The molecule has 0 nitrogen and oxygen atoms in total. The first-order valence-electron chi connectivity index (χ1n) is 7.09. The van der Waals surface area contributed by atoms with Gasteiger partial charge in [-0.1, -0.05) is 73.0 Å². The fourth-order valence-electron chi connectivity index (χ4n) is 2.04. The predicted octanol–water partition coefficient (Wildman–Crippen LogP) is 5.38. The lowest BCUT2D eigenvalue weighted by Crippen LogP contribution is -2.13. The van der Waals surface area contributed by atoms with E-state index in [1.807, 2.05) is 0 Å². The third-order valence-corrected chi connectivity index (χ3v) is 4.39. The molecule has 0 aromatic carbocycles. The van der Waals surface area contributed by atoms with Crippen molar-refractivity contribution in [1.82, 2.24) is 0 Å². The van der Waals surface area contributed by atoms with Crippen LogP contribution in [0, 0.1) is 10.8 Å². The molecule has 0 bridgehead atoms. The van der Waals surface area contributed by atoms with Crippen LogP contribution in [-0.4, -0.2) is 7.85 Å². The van der Waals surface area contributed by atoms with Gasteiger partial charge in [0.15, 0.2) is 0 Å². The van der Waals surface area contributed by atoms with Crippen LogP contribution in [0.25, 0.3) is 0 Å². The van der Waals surface area contributed by atoms with Crippen LogP contribution < -0.4 is 0 Å². The molecule has 0 spiro atoms. The van der Waals surface area contributed by atoms with Crippen molar-refractivity contribution in [3.8, 4) is 0 Å². The first kappa shape index (κ1) is 16.1. The summed E-state index contributed by atoms with van der Waals surface area (Å²) >= 11 is 0. The summed E-state index contributed by atoms with van der Waals surface area (Å²) in [6.07, 6.45) is 10.2. The van der Waals surface area contributed by atoms with Gasteiger partial charge in [-0.3, -0.25) is 0 Å². The van der Waals surface area contributed by atoms with Crippen molar-refractivity contribution in [2.24, 2.45) is 10.8 Å². The highest BCUT2D eigenvalue weighted by Crippen LogP contribution is 2.33. The molecule has 16 heavy (non-hydrogen) atoms. The second kappa shape index (κ2) is 7.40. The molecule has 0 saturated heterocycles. The standard InChI is InChI=1S/C15H31B/c1-6-15(5,7-2)12-10-8-9-11-14(3,4)13-16/h6-13H2,1-5H3. The molecule has 0 unspecified atom stereocenters. The lowest BCUT2D eigenvalue weighted by molar-refractivity contribution is 0.258. The molecule has 2 radical (unpaired) electrons. The van der Waals surface area contributed by atoms with Gasteiger partial charge in [0.2, 0.25) is 0 Å². The summed E-state index contributed by atoms with van der Waals surface area (Å²) in [5.41, 5.74) is 0.933. The second-order valence-electron chi connectivity index (χ2n) is 6.45. The van der Waals surface area contributed by atoms with Crippen molar-refractivity contribution in [3.63, 3.8) is 0 Å². The van der Waals surface area contributed by atoms with Crippen LogP contribution in [-0.2, 0) is 0 Å². The van der Waals surface area contributed by atoms with Gasteiger partial charge in [0.1, 0.15) is 0 Å². The SMILES string of the molecule is [B]CC(C)(C)CCCCCC(C)(CC)CC. The van der Waals surface area contributed by atoms with E-state index in [2.05, 4.69) is 34.6 Å². The molecular weight excluding hydrogens is 191 g/mol. The zero-order valence-electron chi connectivity index (χ0n) is 12.2. The average Bonchev–Trinajstić information content (AvgIpc) is 2.28. The molecule has 0 rings (SSSR count). The molecule has 0 aliphatic heterocycles. The van der Waals surface area contributed by atoms with Crippen LogP contribution >= 0.6 is 0 Å². The van der Waals surface area contributed by atoms with E-state index in [9.17, 15) is 0 Å². The zero-order chi connectivity index (χ0) is 12.7. The molecule has 0 fully saturated rings. The fourth-order valence-corrected chi connectivity index (χ4v) is 2.04. The van der Waals surface area contributed by atoms with Gasteiger partial charge in [-0.2, -0.15) is 0 Å². The second-order valence-corrected chi connectivity index (χ2v) is 6.45. The van der Waals surface area contributed by atoms with Gasteiger partial charge in [-0.25, -0.2) is 0 Å². The molecule has 0 aromatic rings. The van der Waals surface area contributed by atoms with E-state index in [1.54, 1.807) is 0 Å². The van der Waals surface area contributed by atoms with Crippen LogP contribution in [0.15, 0.2) is 0 Å². The maximum Gasteiger partial charge on any atom is 0.0660 e. The van der Waals surface area contributed by atoms with Crippen LogP contribution in [0.2, 0.25) is 6.32 Å². The lowest BCUT2D eigenvalue weighted by atomic mass is 9.75. The van der Waals surface area contributed by atoms with E-state index in [-0.39, 0.29) is 0 Å². The predicted molar refractivity (Wildman–Crippen MR) is 76.1 cm³/mol. The summed E-state index contributed by atoms with van der Waals surface area (Å²) in [7, 11) is 5.73. The Kier molecular flexibility index (Phi) is 7.43. The molecule has 0 saturated carbocycles. The maximum absolute atomic E-state index is 5.73. The van der Waals surface area contributed by atoms with Crippen molar-refractivity contribution in [1.29, 1.82) is 0 Å². The van der Waals surface area contributed by atoms with E-state index in [0.717, 1.165) is 6.32 Å². The topological polar surface area (TPSA) is 0 Å². The molecule has 0 aliphatic rings. The normalized spacial score (nSPS) is 13.1. The molecule has 0 atom stereocenters. The Morgan fingerprint density at radius 3 is 1.75 bits per heavy atom. The lowest BCUT2D eigenvalue weighted by Gasteiger charge is -2.27. The van der Waals surface area contributed by atoms with Crippen molar-refractivity contribution in [3.05, 3.63) is 0 Å². The van der Waals surface area contributed by atoms with E-state index >= 15 is 0 Å². The number of hydrogen-bond acceptors (Lipinski definition) is 0. The van der Waals surface area contributed by atoms with Crippen LogP contribution in [0.3, 0.4) is 0 Å². The van der Waals surface area contributed by atoms with Crippen LogP contribution in [0.4, 0.5) is 0 Å². The molecule has 0 aliphatic carbocycles. The minimum Gasteiger partial charge on any atom is -0.0837 e. The smallest absolute Gasteiger partial charge is 0.0660 e. The minimum atomic E-state index is 0.346. The van der Waals surface area contributed by atoms with E-state index < -0.39 is 0 Å². The molecule has 0 amide bonds. The van der Waals surface area contributed by atoms with Gasteiger partial charge in [0.25, 0.3) is 0 Å². The molecular formula is C15H31B. The summed E-state index contributed by atoms with van der Waals surface area (Å²) in [5.74, 6) is 0. The molecule has 0 heterocycles. The highest BCUT2D eigenvalue weighted by molar-refractivity contribution is 6.08. The summed E-state index contributed by atoms with van der Waals surface area (Å²) in [6.45, 7) is 11.6. The van der Waals surface area contributed by atoms with Gasteiger partial charge in [-0.05, 0) is 23.7 Å². The van der Waals surface area contributed by atoms with Crippen LogP contribution in [0.5, 0.6) is 0 Å². The van der Waals surface area contributed by atoms with Gasteiger partial charge < -0.3 is 0 Å². The highest BCUT2D eigenvalue weighted by atomic mass is 14.2. The first-order valence-corrected chi connectivity index (χ1v) is 7.09. The van der Waals surface area contributed by atoms with E-state index in [0.29, 0.717) is 10.8 Å². The van der Waals surface area contributed by atoms with Gasteiger partial charge in [0, 0.05) is 0 Å². The largest absolute Gasteiger partial charge is 0.0837 e. The van der Waals surface area contributed by atoms with Gasteiger partial charge in [-0.15, -0.1) is 0 Å². The molecule has 94 valence electrons. The first-order chi connectivity index (χ1) is 7.39. The average molecular weight is 222 g/mol. The summed E-state index contributed by atoms with van der Waals surface area (Å²) in [4.78, 5) is 0. The van der Waals surface area contributed by atoms with Crippen molar-refractivity contribution >= 4 is 7.85 Å². The Morgan fingerprint density at radius 2 is 1.31 bits per heavy atom. The van der Waals surface area contributed by atoms with Gasteiger partial charge >= 0.3 is 0 Å². The Labute approximate surface area is 105 Å². The third-order valence-electron chi connectivity index (χ3n) is 4.39.